The van der Waals surface area contributed by atoms with Crippen LogP contribution >= 0.6 is 0 Å². The van der Waals surface area contributed by atoms with Crippen LogP contribution < -0.4 is 10.5 Å². The Bertz CT molecular complexity index is 1390. The third-order valence-corrected chi connectivity index (χ3v) is 8.47. The van der Waals surface area contributed by atoms with Gasteiger partial charge in [0.15, 0.2) is 0 Å². The Labute approximate surface area is 236 Å². The number of hydrogen-bond acceptors (Lipinski definition) is 7. The van der Waals surface area contributed by atoms with Crippen LogP contribution in [0.1, 0.15) is 61.8 Å². The third kappa shape index (κ3) is 7.00. The quantitative estimate of drug-likeness (QED) is 0.253. The number of nitrogens with zero attached hydrogens (tertiary/aromatic N) is 4. The number of hydrogen-bond donors (Lipinski definition) is 1. The van der Waals surface area contributed by atoms with Gasteiger partial charge < -0.3 is 24.8 Å². The molecule has 216 valence electrons. The smallest absolute Gasteiger partial charge is 0.410 e. The summed E-state index contributed by atoms with van der Waals surface area (Å²) in [4.78, 5) is 36.1. The first-order chi connectivity index (χ1) is 18.8. The van der Waals surface area contributed by atoms with Gasteiger partial charge in [0.05, 0.1) is 23.8 Å². The predicted molar refractivity (Wildman–Crippen MR) is 156 cm³/mol. The summed E-state index contributed by atoms with van der Waals surface area (Å²) in [6, 6.07) is 6.35. The molecule has 4 rings (SSSR count). The number of nitrogens with two attached hydrogens (primary N) is 1. The molecule has 0 unspecified atom stereocenters. The summed E-state index contributed by atoms with van der Waals surface area (Å²) in [5.74, 6) is 0.570. The zero-order valence-corrected chi connectivity index (χ0v) is 25.6. The minimum Gasteiger partial charge on any atom is -0.455 e. The maximum absolute atomic E-state index is 12.8. The lowest BCUT2D eigenvalue weighted by atomic mass is 9.93. The second-order valence-corrected chi connectivity index (χ2v) is 18.1. The first kappa shape index (κ1) is 29.5. The zero-order chi connectivity index (χ0) is 29.2. The number of fused-ring (bicyclic) bond motifs is 2. The molecule has 1 aliphatic rings. The summed E-state index contributed by atoms with van der Waals surface area (Å²) in [5, 5.41) is 0.643. The largest absolute Gasteiger partial charge is 0.455 e. The van der Waals surface area contributed by atoms with Crippen molar-refractivity contribution in [3.63, 3.8) is 0 Å². The van der Waals surface area contributed by atoms with E-state index in [4.69, 9.17) is 24.9 Å². The van der Waals surface area contributed by atoms with Gasteiger partial charge >= 0.3 is 6.09 Å². The molecule has 10 nitrogen and oxygen atoms in total. The van der Waals surface area contributed by atoms with Gasteiger partial charge in [0.1, 0.15) is 35.2 Å². The van der Waals surface area contributed by atoms with Crippen LogP contribution in [0.15, 0.2) is 30.6 Å². The molecule has 0 aliphatic carbocycles. The van der Waals surface area contributed by atoms with Crippen molar-refractivity contribution in [2.45, 2.75) is 84.6 Å². The Kier molecular flexibility index (Phi) is 8.55. The van der Waals surface area contributed by atoms with Gasteiger partial charge in [-0.2, -0.15) is 0 Å². The summed E-state index contributed by atoms with van der Waals surface area (Å²) >= 11 is 0. The lowest BCUT2D eigenvalue weighted by Gasteiger charge is -2.34. The molecule has 4 heterocycles. The molecule has 0 radical (unpaired) electrons. The van der Waals surface area contributed by atoms with Crippen LogP contribution in [0.2, 0.25) is 25.7 Å². The molecule has 40 heavy (non-hydrogen) atoms. The Hall–Kier alpha value is -3.44. The Morgan fingerprint density at radius 1 is 1.18 bits per heavy atom. The number of amides is 2. The molecule has 0 fully saturated rings. The van der Waals surface area contributed by atoms with Gasteiger partial charge in [-0.25, -0.2) is 9.78 Å². The first-order valence-electron chi connectivity index (χ1n) is 13.8. The second kappa shape index (κ2) is 11.6. The summed E-state index contributed by atoms with van der Waals surface area (Å²) < 4.78 is 19.5. The summed E-state index contributed by atoms with van der Waals surface area (Å²) in [6.45, 7) is 16.2. The average molecular weight is 568 g/mol. The minimum absolute atomic E-state index is 0.103. The Morgan fingerprint density at radius 2 is 1.93 bits per heavy atom. The maximum atomic E-state index is 12.8. The number of carbonyl (C=O) groups is 2. The van der Waals surface area contributed by atoms with Crippen molar-refractivity contribution >= 4 is 31.1 Å². The van der Waals surface area contributed by atoms with E-state index in [1.807, 2.05) is 26.8 Å². The number of pyridine rings is 2. The fourth-order valence-electron chi connectivity index (χ4n) is 4.67. The summed E-state index contributed by atoms with van der Waals surface area (Å²) in [7, 11) is -1.26. The van der Waals surface area contributed by atoms with Crippen LogP contribution in [0, 0.1) is 0 Å². The van der Waals surface area contributed by atoms with Crippen molar-refractivity contribution in [2.24, 2.45) is 5.73 Å². The van der Waals surface area contributed by atoms with Crippen LogP contribution in [0.5, 0.6) is 11.5 Å². The molecule has 0 saturated heterocycles. The van der Waals surface area contributed by atoms with Crippen molar-refractivity contribution < 1.29 is 23.8 Å². The number of aromatic nitrogens is 3. The molecular formula is C29H41N5O5Si. The lowest BCUT2D eigenvalue weighted by Crippen LogP contribution is -2.41. The first-order valence-corrected chi connectivity index (χ1v) is 17.5. The highest BCUT2D eigenvalue weighted by Crippen LogP contribution is 2.35. The number of primary amides is 1. The van der Waals surface area contributed by atoms with Crippen molar-refractivity contribution in [2.75, 3.05) is 13.2 Å². The summed E-state index contributed by atoms with van der Waals surface area (Å²) in [5.41, 5.74) is 7.86. The Morgan fingerprint density at radius 3 is 2.58 bits per heavy atom. The molecule has 1 aliphatic heterocycles. The van der Waals surface area contributed by atoms with E-state index in [1.54, 1.807) is 34.0 Å². The van der Waals surface area contributed by atoms with E-state index in [-0.39, 0.29) is 18.7 Å². The van der Waals surface area contributed by atoms with E-state index in [1.165, 1.54) is 0 Å². The molecule has 2 N–H and O–H groups in total. The zero-order valence-electron chi connectivity index (χ0n) is 24.6. The highest BCUT2D eigenvalue weighted by Gasteiger charge is 2.31. The van der Waals surface area contributed by atoms with Crippen LogP contribution in [0.25, 0.3) is 11.0 Å². The van der Waals surface area contributed by atoms with Gasteiger partial charge in [0.2, 0.25) is 0 Å². The van der Waals surface area contributed by atoms with Crippen molar-refractivity contribution in [3.8, 4) is 11.5 Å². The van der Waals surface area contributed by atoms with E-state index >= 15 is 0 Å². The van der Waals surface area contributed by atoms with Crippen molar-refractivity contribution in [1.82, 2.24) is 19.4 Å². The van der Waals surface area contributed by atoms with Crippen LogP contribution in [0.4, 0.5) is 4.79 Å². The van der Waals surface area contributed by atoms with Gasteiger partial charge in [-0.15, -0.1) is 0 Å². The monoisotopic (exact) mass is 567 g/mol. The van der Waals surface area contributed by atoms with Gasteiger partial charge in [-0.1, -0.05) is 26.6 Å². The Balaban J connectivity index is 1.60. The van der Waals surface area contributed by atoms with Crippen LogP contribution in [-0.2, 0) is 22.7 Å². The highest BCUT2D eigenvalue weighted by atomic mass is 28.3. The molecule has 11 heteroatoms. The van der Waals surface area contributed by atoms with Crippen LogP contribution in [0.3, 0.4) is 0 Å². The van der Waals surface area contributed by atoms with Gasteiger partial charge in [0.25, 0.3) is 5.91 Å². The predicted octanol–water partition coefficient (Wildman–Crippen LogP) is 5.88. The molecule has 3 aromatic heterocycles. The second-order valence-electron chi connectivity index (χ2n) is 12.5. The van der Waals surface area contributed by atoms with Crippen molar-refractivity contribution in [3.05, 3.63) is 47.5 Å². The number of ether oxygens (including phenoxy) is 3. The van der Waals surface area contributed by atoms with Crippen molar-refractivity contribution in [1.29, 1.82) is 0 Å². The number of rotatable bonds is 9. The SMILES string of the molecule is CC[C@H]1CN(C(=O)OC(C)(C)C)Cc2cc(Oc3ccnc4c3cc(C(N)=O)n4COCC[Si](C)(C)C)cnc21. The minimum atomic E-state index is -1.26. The van der Waals surface area contributed by atoms with E-state index in [0.717, 1.165) is 23.7 Å². The average Bonchev–Trinajstić information content (AvgIpc) is 3.24. The topological polar surface area (TPSA) is 122 Å². The van der Waals surface area contributed by atoms with Gasteiger partial charge in [0, 0.05) is 33.3 Å². The van der Waals surface area contributed by atoms with E-state index in [9.17, 15) is 9.59 Å². The maximum Gasteiger partial charge on any atom is 0.410 e. The molecule has 3 aromatic rings. The third-order valence-electron chi connectivity index (χ3n) is 6.76. The van der Waals surface area contributed by atoms with Gasteiger partial charge in [-0.05, 0) is 57.0 Å². The fourth-order valence-corrected chi connectivity index (χ4v) is 5.43. The van der Waals surface area contributed by atoms with Crippen LogP contribution in [-0.4, -0.2) is 58.3 Å². The summed E-state index contributed by atoms with van der Waals surface area (Å²) in [6.07, 6.45) is 3.83. The highest BCUT2D eigenvalue weighted by molar-refractivity contribution is 6.76. The van der Waals surface area contributed by atoms with E-state index < -0.39 is 19.6 Å². The molecule has 0 bridgehead atoms. The molecule has 1 atom stereocenters. The van der Waals surface area contributed by atoms with Gasteiger partial charge in [-0.3, -0.25) is 14.3 Å². The fraction of sp³-hybridized carbons (Fsp3) is 0.517. The lowest BCUT2D eigenvalue weighted by molar-refractivity contribution is 0.0202. The molecule has 2 amide bonds. The van der Waals surface area contributed by atoms with E-state index in [0.29, 0.717) is 47.9 Å². The normalized spacial score (nSPS) is 15.7. The molecule has 0 aromatic carbocycles. The molecule has 0 spiro atoms. The standard InChI is InChI=1S/C29H41N5O5Si/c1-8-19-16-33(28(36)39-29(2,3)4)17-20-13-21(15-32-25(19)20)38-24-9-10-31-27-22(24)14-23(26(30)35)34(27)18-37-11-12-40(5,6)7/h9-10,13-15,19H,8,11-12,16-18H2,1-7H3,(H2,30,35)/t19-/m0/s1. The molecular weight excluding hydrogens is 526 g/mol. The van der Waals surface area contributed by atoms with E-state index in [2.05, 4.69) is 31.5 Å². The number of carbonyl (C=O) groups excluding carboxylic acids is 2. The molecule has 0 saturated carbocycles.